The van der Waals surface area contributed by atoms with Gasteiger partial charge < -0.3 is 15.3 Å². The number of rotatable bonds is 4. The summed E-state index contributed by atoms with van der Waals surface area (Å²) in [5, 5.41) is 27.4. The summed E-state index contributed by atoms with van der Waals surface area (Å²) in [6.07, 6.45) is 2.06. The number of nitrogens with zero attached hydrogens (tertiary/aromatic N) is 1. The third-order valence-electron chi connectivity index (χ3n) is 3.62. The van der Waals surface area contributed by atoms with Gasteiger partial charge in [0.2, 0.25) is 0 Å². The Morgan fingerprint density at radius 2 is 1.89 bits per heavy atom. The van der Waals surface area contributed by atoms with Crippen LogP contribution in [0.3, 0.4) is 0 Å². The van der Waals surface area contributed by atoms with Crippen molar-refractivity contribution >= 4 is 5.97 Å². The molecule has 1 aliphatic heterocycles. The van der Waals surface area contributed by atoms with E-state index in [9.17, 15) is 15.0 Å². The van der Waals surface area contributed by atoms with Crippen LogP contribution in [0.25, 0.3) is 0 Å². The van der Waals surface area contributed by atoms with Gasteiger partial charge >= 0.3 is 5.97 Å². The molecule has 1 fully saturated rings. The number of aliphatic carboxylic acids is 1. The van der Waals surface area contributed by atoms with E-state index in [-0.39, 0.29) is 23.8 Å². The highest BCUT2D eigenvalue weighted by molar-refractivity contribution is 5.67. The lowest BCUT2D eigenvalue weighted by atomic mass is 9.93. The fourth-order valence-corrected chi connectivity index (χ4v) is 2.52. The number of carboxylic acids is 1. The van der Waals surface area contributed by atoms with Gasteiger partial charge in [0.05, 0.1) is 0 Å². The molecule has 0 saturated carbocycles. The molecule has 1 aromatic carbocycles. The van der Waals surface area contributed by atoms with Crippen LogP contribution in [-0.2, 0) is 11.3 Å². The van der Waals surface area contributed by atoms with E-state index in [4.69, 9.17) is 5.11 Å². The number of benzene rings is 1. The van der Waals surface area contributed by atoms with Gasteiger partial charge in [0, 0.05) is 13.0 Å². The van der Waals surface area contributed by atoms with E-state index in [0.29, 0.717) is 6.54 Å². The van der Waals surface area contributed by atoms with Gasteiger partial charge in [-0.1, -0.05) is 6.07 Å². The van der Waals surface area contributed by atoms with Crippen molar-refractivity contribution in [3.8, 4) is 11.5 Å². The van der Waals surface area contributed by atoms with Gasteiger partial charge in [-0.05, 0) is 49.5 Å². The fraction of sp³-hybridized carbons (Fsp3) is 0.500. The molecule has 1 heterocycles. The molecule has 0 atom stereocenters. The second-order valence-corrected chi connectivity index (χ2v) is 5.14. The highest BCUT2D eigenvalue weighted by Gasteiger charge is 2.21. The number of phenolic OH excluding ortho intramolecular Hbond substituents is 2. The number of aromatic hydroxyl groups is 2. The average Bonchev–Trinajstić information content (AvgIpc) is 2.36. The lowest BCUT2D eigenvalue weighted by Crippen LogP contribution is -2.33. The minimum atomic E-state index is -0.720. The lowest BCUT2D eigenvalue weighted by Gasteiger charge is -2.31. The summed E-state index contributed by atoms with van der Waals surface area (Å²) in [6.45, 7) is 2.47. The Labute approximate surface area is 112 Å². The zero-order chi connectivity index (χ0) is 13.8. The number of piperidine rings is 1. The van der Waals surface area contributed by atoms with Gasteiger partial charge in [-0.15, -0.1) is 0 Å². The first-order valence-electron chi connectivity index (χ1n) is 6.49. The number of hydrogen-bond acceptors (Lipinski definition) is 4. The monoisotopic (exact) mass is 265 g/mol. The Kier molecular flexibility index (Phi) is 4.27. The molecule has 0 bridgehead atoms. The Morgan fingerprint density at radius 3 is 2.47 bits per heavy atom. The molecule has 1 saturated heterocycles. The van der Waals surface area contributed by atoms with Gasteiger partial charge in [0.1, 0.15) is 0 Å². The molecular formula is C14H19NO4. The molecule has 0 unspecified atom stereocenters. The predicted molar refractivity (Wildman–Crippen MR) is 70.0 cm³/mol. The molecule has 0 radical (unpaired) electrons. The van der Waals surface area contributed by atoms with Crippen molar-refractivity contribution in [2.45, 2.75) is 25.8 Å². The van der Waals surface area contributed by atoms with Crippen molar-refractivity contribution in [1.82, 2.24) is 4.90 Å². The molecular weight excluding hydrogens is 246 g/mol. The summed E-state index contributed by atoms with van der Waals surface area (Å²) in [6, 6.07) is 4.85. The number of likely N-dealkylation sites (tertiary alicyclic amines) is 1. The molecule has 0 amide bonds. The zero-order valence-electron chi connectivity index (χ0n) is 10.7. The molecule has 0 aromatic heterocycles. The molecule has 19 heavy (non-hydrogen) atoms. The van der Waals surface area contributed by atoms with Crippen LogP contribution in [0.1, 0.15) is 24.8 Å². The molecule has 1 aliphatic rings. The highest BCUT2D eigenvalue weighted by Crippen LogP contribution is 2.27. The van der Waals surface area contributed by atoms with Gasteiger partial charge in [-0.25, -0.2) is 0 Å². The number of carboxylic acid groups (broad SMARTS) is 1. The third-order valence-corrected chi connectivity index (χ3v) is 3.62. The average molecular weight is 265 g/mol. The largest absolute Gasteiger partial charge is 0.504 e. The Hall–Kier alpha value is -1.75. The van der Waals surface area contributed by atoms with Gasteiger partial charge in [-0.3, -0.25) is 9.69 Å². The SMILES string of the molecule is O=C(O)CC1CCN(Cc2ccc(O)c(O)c2)CC1. The Morgan fingerprint density at radius 1 is 1.21 bits per heavy atom. The van der Waals surface area contributed by atoms with Gasteiger partial charge in [0.15, 0.2) is 11.5 Å². The first kappa shape index (κ1) is 13.7. The lowest BCUT2D eigenvalue weighted by molar-refractivity contribution is -0.138. The van der Waals surface area contributed by atoms with Crippen LogP contribution in [0.2, 0.25) is 0 Å². The Balaban J connectivity index is 1.85. The van der Waals surface area contributed by atoms with Crippen molar-refractivity contribution < 1.29 is 20.1 Å². The van der Waals surface area contributed by atoms with Crippen molar-refractivity contribution in [1.29, 1.82) is 0 Å². The summed E-state index contributed by atoms with van der Waals surface area (Å²) in [5.41, 5.74) is 0.951. The minimum Gasteiger partial charge on any atom is -0.504 e. The molecule has 2 rings (SSSR count). The first-order valence-corrected chi connectivity index (χ1v) is 6.49. The van der Waals surface area contributed by atoms with E-state index in [2.05, 4.69) is 4.90 Å². The van der Waals surface area contributed by atoms with E-state index >= 15 is 0 Å². The normalized spacial score (nSPS) is 17.5. The van der Waals surface area contributed by atoms with Crippen LogP contribution in [0.5, 0.6) is 11.5 Å². The topological polar surface area (TPSA) is 81.0 Å². The van der Waals surface area contributed by atoms with Crippen LogP contribution >= 0.6 is 0 Å². The number of phenols is 2. The van der Waals surface area contributed by atoms with E-state index in [1.54, 1.807) is 12.1 Å². The summed E-state index contributed by atoms with van der Waals surface area (Å²) < 4.78 is 0. The molecule has 3 N–H and O–H groups in total. The van der Waals surface area contributed by atoms with Crippen molar-refractivity contribution in [2.75, 3.05) is 13.1 Å². The maximum absolute atomic E-state index is 10.6. The molecule has 104 valence electrons. The van der Waals surface area contributed by atoms with Crippen molar-refractivity contribution in [2.24, 2.45) is 5.92 Å². The molecule has 1 aromatic rings. The van der Waals surface area contributed by atoms with E-state index in [0.717, 1.165) is 31.5 Å². The van der Waals surface area contributed by atoms with Crippen LogP contribution in [0, 0.1) is 5.92 Å². The maximum Gasteiger partial charge on any atom is 0.303 e. The maximum atomic E-state index is 10.6. The van der Waals surface area contributed by atoms with E-state index in [1.165, 1.54) is 6.07 Å². The highest BCUT2D eigenvalue weighted by atomic mass is 16.4. The van der Waals surface area contributed by atoms with E-state index in [1.807, 2.05) is 0 Å². The van der Waals surface area contributed by atoms with Crippen molar-refractivity contribution in [3.05, 3.63) is 23.8 Å². The Bertz CT molecular complexity index is 453. The smallest absolute Gasteiger partial charge is 0.303 e. The van der Waals surface area contributed by atoms with Gasteiger partial charge in [0.25, 0.3) is 0 Å². The van der Waals surface area contributed by atoms with Gasteiger partial charge in [-0.2, -0.15) is 0 Å². The zero-order valence-corrected chi connectivity index (χ0v) is 10.7. The summed E-state index contributed by atoms with van der Waals surface area (Å²) in [5.74, 6) is -0.647. The van der Waals surface area contributed by atoms with Crippen LogP contribution in [0.4, 0.5) is 0 Å². The summed E-state index contributed by atoms with van der Waals surface area (Å²) in [7, 11) is 0. The third kappa shape index (κ3) is 3.86. The molecule has 0 aliphatic carbocycles. The molecule has 5 heteroatoms. The second kappa shape index (κ2) is 5.93. The minimum absolute atomic E-state index is 0.0988. The number of hydrogen-bond donors (Lipinski definition) is 3. The fourth-order valence-electron chi connectivity index (χ4n) is 2.52. The predicted octanol–water partition coefficient (Wildman–Crippen LogP) is 1.78. The van der Waals surface area contributed by atoms with Crippen LogP contribution < -0.4 is 0 Å². The first-order chi connectivity index (χ1) is 9.04. The number of carbonyl (C=O) groups is 1. The van der Waals surface area contributed by atoms with E-state index < -0.39 is 5.97 Å². The van der Waals surface area contributed by atoms with Crippen LogP contribution in [-0.4, -0.2) is 39.3 Å². The molecule has 0 spiro atoms. The second-order valence-electron chi connectivity index (χ2n) is 5.14. The van der Waals surface area contributed by atoms with Crippen molar-refractivity contribution in [3.63, 3.8) is 0 Å². The summed E-state index contributed by atoms with van der Waals surface area (Å²) in [4.78, 5) is 12.9. The molecule has 5 nitrogen and oxygen atoms in total. The quantitative estimate of drug-likeness (QED) is 0.723. The standard InChI is InChI=1S/C14H19NO4/c16-12-2-1-11(7-13(12)17)9-15-5-3-10(4-6-15)8-14(18)19/h1-2,7,10,16-17H,3-6,8-9H2,(H,18,19). The summed E-state index contributed by atoms with van der Waals surface area (Å²) >= 11 is 0. The van der Waals surface area contributed by atoms with Crippen LogP contribution in [0.15, 0.2) is 18.2 Å².